The summed E-state index contributed by atoms with van der Waals surface area (Å²) in [6, 6.07) is -0.818. The number of rotatable bonds is 6. The first-order chi connectivity index (χ1) is 8.77. The third-order valence-electron chi connectivity index (χ3n) is 2.75. The Kier molecular flexibility index (Phi) is 5.45. The lowest BCUT2D eigenvalue weighted by Gasteiger charge is -2.32. The van der Waals surface area contributed by atoms with Gasteiger partial charge in [-0.3, -0.25) is 14.9 Å². The third-order valence-corrected chi connectivity index (χ3v) is 4.53. The maximum Gasteiger partial charge on any atom is 0.245 e. The van der Waals surface area contributed by atoms with Crippen LogP contribution < -0.4 is 5.32 Å². The van der Waals surface area contributed by atoms with Crippen molar-refractivity contribution in [2.75, 3.05) is 18.9 Å². The van der Waals surface area contributed by atoms with Gasteiger partial charge in [-0.1, -0.05) is 6.92 Å². The quantitative estimate of drug-likeness (QED) is 0.665. The fourth-order valence-corrected chi connectivity index (χ4v) is 3.32. The zero-order chi connectivity index (χ0) is 14.6. The van der Waals surface area contributed by atoms with E-state index in [1.807, 2.05) is 0 Å². The molecule has 0 spiro atoms. The third kappa shape index (κ3) is 4.26. The summed E-state index contributed by atoms with van der Waals surface area (Å²) in [4.78, 5) is 22.9. The SMILES string of the molecule is CCC1C(=O)NC(=O)CN1S(=O)(=O)CCOC(C)C. The van der Waals surface area contributed by atoms with E-state index in [1.54, 1.807) is 20.8 Å². The number of carbonyl (C=O) groups is 2. The molecule has 1 unspecified atom stereocenters. The van der Waals surface area contributed by atoms with Gasteiger partial charge < -0.3 is 4.74 Å². The second-order valence-electron chi connectivity index (χ2n) is 4.62. The first kappa shape index (κ1) is 16.1. The molecule has 19 heavy (non-hydrogen) atoms. The molecular weight excluding hydrogens is 272 g/mol. The van der Waals surface area contributed by atoms with E-state index in [0.29, 0.717) is 6.42 Å². The zero-order valence-electron chi connectivity index (χ0n) is 11.4. The van der Waals surface area contributed by atoms with Crippen molar-refractivity contribution in [3.8, 4) is 0 Å². The highest BCUT2D eigenvalue weighted by Gasteiger charge is 2.39. The molecule has 0 saturated carbocycles. The Morgan fingerprint density at radius 1 is 1.42 bits per heavy atom. The van der Waals surface area contributed by atoms with E-state index in [1.165, 1.54) is 0 Å². The van der Waals surface area contributed by atoms with E-state index in [2.05, 4.69) is 5.32 Å². The van der Waals surface area contributed by atoms with Crippen molar-refractivity contribution in [1.82, 2.24) is 9.62 Å². The van der Waals surface area contributed by atoms with Crippen LogP contribution in [0.4, 0.5) is 0 Å². The molecule has 1 N–H and O–H groups in total. The number of hydrogen-bond donors (Lipinski definition) is 1. The van der Waals surface area contributed by atoms with Crippen LogP contribution in [-0.4, -0.2) is 55.6 Å². The monoisotopic (exact) mass is 292 g/mol. The molecule has 2 amide bonds. The molecule has 1 rings (SSSR count). The smallest absolute Gasteiger partial charge is 0.245 e. The summed E-state index contributed by atoms with van der Waals surface area (Å²) in [6.07, 6.45) is 0.257. The van der Waals surface area contributed by atoms with Crippen LogP contribution in [0.25, 0.3) is 0 Å². The van der Waals surface area contributed by atoms with Crippen LogP contribution in [0.15, 0.2) is 0 Å². The molecule has 0 aromatic heterocycles. The van der Waals surface area contributed by atoms with Crippen LogP contribution in [0, 0.1) is 0 Å². The lowest BCUT2D eigenvalue weighted by Crippen LogP contribution is -2.59. The molecule has 0 aliphatic carbocycles. The van der Waals surface area contributed by atoms with E-state index in [4.69, 9.17) is 4.74 Å². The Hall–Kier alpha value is -0.990. The summed E-state index contributed by atoms with van der Waals surface area (Å²) in [5, 5.41) is 2.14. The Balaban J connectivity index is 2.78. The number of sulfonamides is 1. The number of ether oxygens (including phenoxy) is 1. The molecule has 8 heteroatoms. The van der Waals surface area contributed by atoms with E-state index >= 15 is 0 Å². The number of piperazine rings is 1. The van der Waals surface area contributed by atoms with Gasteiger partial charge in [-0.25, -0.2) is 8.42 Å². The van der Waals surface area contributed by atoms with Crippen molar-refractivity contribution in [3.63, 3.8) is 0 Å². The second kappa shape index (κ2) is 6.44. The molecule has 1 heterocycles. The Morgan fingerprint density at radius 3 is 2.58 bits per heavy atom. The number of imide groups is 1. The Morgan fingerprint density at radius 2 is 2.05 bits per heavy atom. The highest BCUT2D eigenvalue weighted by atomic mass is 32.2. The molecule has 110 valence electrons. The standard InChI is InChI=1S/C11H20N2O5S/c1-4-9-11(15)12-10(14)7-13(9)19(16,17)6-5-18-8(2)3/h8-9H,4-7H2,1-3H3,(H,12,14,15). The van der Waals surface area contributed by atoms with Crippen molar-refractivity contribution < 1.29 is 22.7 Å². The molecule has 0 aromatic rings. The molecule has 1 saturated heterocycles. The summed E-state index contributed by atoms with van der Waals surface area (Å²) in [6.45, 7) is 5.04. The fourth-order valence-electron chi connectivity index (χ4n) is 1.83. The van der Waals surface area contributed by atoms with Gasteiger partial charge in [-0.05, 0) is 20.3 Å². The molecular formula is C11H20N2O5S. The van der Waals surface area contributed by atoms with Gasteiger partial charge in [-0.2, -0.15) is 4.31 Å². The lowest BCUT2D eigenvalue weighted by molar-refractivity contribution is -0.137. The molecule has 0 bridgehead atoms. The summed E-state index contributed by atoms with van der Waals surface area (Å²) in [5.41, 5.74) is 0. The van der Waals surface area contributed by atoms with Crippen molar-refractivity contribution in [3.05, 3.63) is 0 Å². The van der Waals surface area contributed by atoms with Gasteiger partial charge in [0, 0.05) is 0 Å². The van der Waals surface area contributed by atoms with Gasteiger partial charge in [-0.15, -0.1) is 0 Å². The second-order valence-corrected chi connectivity index (χ2v) is 6.66. The lowest BCUT2D eigenvalue weighted by atomic mass is 10.2. The molecule has 1 atom stereocenters. The van der Waals surface area contributed by atoms with E-state index < -0.39 is 27.9 Å². The number of hydrogen-bond acceptors (Lipinski definition) is 5. The van der Waals surface area contributed by atoms with Crippen LogP contribution in [0.3, 0.4) is 0 Å². The van der Waals surface area contributed by atoms with Crippen molar-refractivity contribution >= 4 is 21.8 Å². The van der Waals surface area contributed by atoms with E-state index in [-0.39, 0.29) is 25.0 Å². The summed E-state index contributed by atoms with van der Waals surface area (Å²) < 4.78 is 30.5. The minimum Gasteiger partial charge on any atom is -0.378 e. The summed E-state index contributed by atoms with van der Waals surface area (Å²) in [7, 11) is -3.68. The van der Waals surface area contributed by atoms with Gasteiger partial charge in [0.25, 0.3) is 0 Å². The summed E-state index contributed by atoms with van der Waals surface area (Å²) in [5.74, 6) is -1.39. The predicted molar refractivity (Wildman–Crippen MR) is 68.8 cm³/mol. The first-order valence-corrected chi connectivity index (χ1v) is 7.83. The molecule has 7 nitrogen and oxygen atoms in total. The highest BCUT2D eigenvalue weighted by molar-refractivity contribution is 7.89. The van der Waals surface area contributed by atoms with Gasteiger partial charge >= 0.3 is 0 Å². The van der Waals surface area contributed by atoms with Crippen LogP contribution >= 0.6 is 0 Å². The Bertz CT molecular complexity index is 446. The van der Waals surface area contributed by atoms with Crippen molar-refractivity contribution in [2.45, 2.75) is 39.3 Å². The molecule has 1 aliphatic rings. The zero-order valence-corrected chi connectivity index (χ0v) is 12.2. The van der Waals surface area contributed by atoms with Gasteiger partial charge in [0.2, 0.25) is 21.8 Å². The molecule has 1 aliphatic heterocycles. The van der Waals surface area contributed by atoms with Crippen LogP contribution in [-0.2, 0) is 24.3 Å². The van der Waals surface area contributed by atoms with Gasteiger partial charge in [0.05, 0.1) is 25.0 Å². The average Bonchev–Trinajstić information content (AvgIpc) is 2.27. The fraction of sp³-hybridized carbons (Fsp3) is 0.818. The first-order valence-electron chi connectivity index (χ1n) is 6.22. The number of amides is 2. The van der Waals surface area contributed by atoms with Crippen LogP contribution in [0.5, 0.6) is 0 Å². The normalized spacial score (nSPS) is 21.8. The Labute approximate surface area is 113 Å². The highest BCUT2D eigenvalue weighted by Crippen LogP contribution is 2.14. The van der Waals surface area contributed by atoms with E-state index in [0.717, 1.165) is 4.31 Å². The van der Waals surface area contributed by atoms with Gasteiger partial charge in [0.1, 0.15) is 6.04 Å². The van der Waals surface area contributed by atoms with Gasteiger partial charge in [0.15, 0.2) is 0 Å². The topological polar surface area (TPSA) is 92.8 Å². The minimum atomic E-state index is -3.68. The van der Waals surface area contributed by atoms with Crippen molar-refractivity contribution in [2.24, 2.45) is 0 Å². The van der Waals surface area contributed by atoms with Crippen LogP contribution in [0.1, 0.15) is 27.2 Å². The molecule has 0 aromatic carbocycles. The number of carbonyl (C=O) groups excluding carboxylic acids is 2. The summed E-state index contributed by atoms with van der Waals surface area (Å²) >= 11 is 0. The van der Waals surface area contributed by atoms with E-state index in [9.17, 15) is 18.0 Å². The maximum atomic E-state index is 12.1. The van der Waals surface area contributed by atoms with Crippen molar-refractivity contribution in [1.29, 1.82) is 0 Å². The largest absolute Gasteiger partial charge is 0.378 e. The number of nitrogens with one attached hydrogen (secondary N) is 1. The predicted octanol–water partition coefficient (Wildman–Crippen LogP) is -0.522. The maximum absolute atomic E-state index is 12.1. The number of nitrogens with zero attached hydrogens (tertiary/aromatic N) is 1. The molecule has 0 radical (unpaired) electrons. The average molecular weight is 292 g/mol. The minimum absolute atomic E-state index is 0.0444. The van der Waals surface area contributed by atoms with Crippen LogP contribution in [0.2, 0.25) is 0 Å². The molecule has 1 fully saturated rings.